The van der Waals surface area contributed by atoms with E-state index >= 15 is 0 Å². The summed E-state index contributed by atoms with van der Waals surface area (Å²) in [5, 5.41) is -0.633. The second-order valence-corrected chi connectivity index (χ2v) is 11.7. The zero-order valence-corrected chi connectivity index (χ0v) is 23.1. The van der Waals surface area contributed by atoms with Crippen LogP contribution in [0.25, 0.3) is 0 Å². The number of alkyl halides is 3. The topological polar surface area (TPSA) is 106 Å². The zero-order chi connectivity index (χ0) is 28.1. The molecule has 1 saturated heterocycles. The van der Waals surface area contributed by atoms with Crippen LogP contribution in [0, 0.1) is 5.92 Å². The molecule has 204 valence electrons. The van der Waals surface area contributed by atoms with E-state index in [-0.39, 0.29) is 18.0 Å². The van der Waals surface area contributed by atoms with Gasteiger partial charge >= 0.3 is 17.0 Å². The van der Waals surface area contributed by atoms with Crippen LogP contribution in [0.15, 0.2) is 56.8 Å². The van der Waals surface area contributed by atoms with E-state index in [4.69, 9.17) is 9.47 Å². The van der Waals surface area contributed by atoms with Crippen LogP contribution in [-0.2, 0) is 25.3 Å². The Morgan fingerprint density at radius 2 is 1.90 bits per heavy atom. The average Bonchev–Trinajstić information content (AvgIpc) is 3.37. The fraction of sp³-hybridized carbons (Fsp3) is 0.280. The number of carbonyl (C=O) groups is 3. The van der Waals surface area contributed by atoms with Gasteiger partial charge in [-0.2, -0.15) is 13.2 Å². The lowest BCUT2D eigenvalue weighted by atomic mass is 9.82. The molecule has 0 aliphatic carbocycles. The number of nitrogens with zero attached hydrogens (tertiary/aromatic N) is 1. The Bertz CT molecular complexity index is 1540. The van der Waals surface area contributed by atoms with Gasteiger partial charge in [0.1, 0.15) is 11.0 Å². The molecule has 1 aromatic heterocycles. The summed E-state index contributed by atoms with van der Waals surface area (Å²) < 4.78 is 51.4. The number of benzene rings is 2. The minimum atomic E-state index is -4.67. The lowest BCUT2D eigenvalue weighted by Crippen LogP contribution is -2.32. The molecule has 39 heavy (non-hydrogen) atoms. The maximum Gasteiger partial charge on any atom is 0.416 e. The fourth-order valence-electron chi connectivity index (χ4n) is 4.66. The second kappa shape index (κ2) is 10.5. The molecule has 0 saturated carbocycles. The molecular formula is C25H18BrF3N2O6S2. The largest absolute Gasteiger partial charge is 0.482 e. The Labute approximate surface area is 235 Å². The van der Waals surface area contributed by atoms with Crippen molar-refractivity contribution in [2.45, 2.75) is 29.3 Å². The van der Waals surface area contributed by atoms with Gasteiger partial charge in [-0.05, 0) is 43.3 Å². The molecule has 2 aromatic carbocycles. The monoisotopic (exact) mass is 642 g/mol. The average molecular weight is 643 g/mol. The van der Waals surface area contributed by atoms with Crippen LogP contribution in [0.3, 0.4) is 0 Å². The number of anilines is 1. The molecule has 3 heterocycles. The summed E-state index contributed by atoms with van der Waals surface area (Å²) >= 11 is 5.27. The van der Waals surface area contributed by atoms with Gasteiger partial charge in [0, 0.05) is 20.8 Å². The highest BCUT2D eigenvalue weighted by Crippen LogP contribution is 2.55. The third-order valence-corrected chi connectivity index (χ3v) is 9.11. The van der Waals surface area contributed by atoms with E-state index < -0.39 is 58.1 Å². The molecule has 0 bridgehead atoms. The van der Waals surface area contributed by atoms with Crippen molar-refractivity contribution in [3.8, 4) is 5.75 Å². The molecular weight excluding hydrogens is 625 g/mol. The van der Waals surface area contributed by atoms with Crippen molar-refractivity contribution in [3.05, 3.63) is 72.6 Å². The summed E-state index contributed by atoms with van der Waals surface area (Å²) in [4.78, 5) is 55.3. The highest BCUT2D eigenvalue weighted by atomic mass is 79.9. The van der Waals surface area contributed by atoms with Gasteiger partial charge in [0.15, 0.2) is 6.61 Å². The van der Waals surface area contributed by atoms with E-state index in [1.165, 1.54) is 6.07 Å². The van der Waals surface area contributed by atoms with Crippen molar-refractivity contribution in [3.63, 3.8) is 0 Å². The van der Waals surface area contributed by atoms with Crippen LogP contribution in [0.1, 0.15) is 28.8 Å². The third kappa shape index (κ3) is 5.12. The molecule has 3 aromatic rings. The highest BCUT2D eigenvalue weighted by Gasteiger charge is 2.57. The molecule has 2 amide bonds. The van der Waals surface area contributed by atoms with Gasteiger partial charge in [-0.25, -0.2) is 9.69 Å². The molecule has 0 radical (unpaired) electrons. The molecule has 1 fully saturated rings. The number of fused-ring (bicyclic) bond motifs is 2. The lowest BCUT2D eigenvalue weighted by Gasteiger charge is -2.31. The highest BCUT2D eigenvalue weighted by molar-refractivity contribution is 9.10. The van der Waals surface area contributed by atoms with E-state index in [9.17, 15) is 32.3 Å². The Kier molecular flexibility index (Phi) is 7.37. The van der Waals surface area contributed by atoms with Crippen LogP contribution < -0.4 is 14.5 Å². The Morgan fingerprint density at radius 1 is 1.13 bits per heavy atom. The number of hydrogen-bond donors (Lipinski definition) is 1. The Hall–Kier alpha value is -3.10. The number of thiazole rings is 1. The molecule has 3 atom stereocenters. The molecule has 0 unspecified atom stereocenters. The summed E-state index contributed by atoms with van der Waals surface area (Å²) in [5.74, 6) is -3.71. The van der Waals surface area contributed by atoms with E-state index in [1.807, 2.05) is 0 Å². The summed E-state index contributed by atoms with van der Waals surface area (Å²) in [7, 11) is 0. The molecule has 2 aliphatic rings. The number of hydrogen-bond acceptors (Lipinski definition) is 8. The van der Waals surface area contributed by atoms with Gasteiger partial charge in [0.2, 0.25) is 11.8 Å². The predicted molar refractivity (Wildman–Crippen MR) is 140 cm³/mol. The van der Waals surface area contributed by atoms with Crippen LogP contribution in [-0.4, -0.2) is 41.2 Å². The standard InChI is InChI=1S/C25H18BrF3N2O6S2/c1-2-36-16(32)10-37-15-7-6-12(26)9-14(15)17-18-20(38-21-19(17)39-24(35)30-21)23(34)31(22(18)33)13-5-3-4-11(8-13)25(27,28)29/h3-9,17-18,20H,2,10H2,1H3,(H,30,35)/t17-,18-,20+/m0/s1. The van der Waals surface area contributed by atoms with Crippen molar-refractivity contribution in [2.24, 2.45) is 5.92 Å². The summed E-state index contributed by atoms with van der Waals surface area (Å²) in [6.07, 6.45) is -4.67. The Morgan fingerprint density at radius 3 is 2.62 bits per heavy atom. The predicted octanol–water partition coefficient (Wildman–Crippen LogP) is 4.96. The molecule has 1 N–H and O–H groups in total. The second-order valence-electron chi connectivity index (χ2n) is 8.59. The SMILES string of the molecule is CCOC(=O)COc1ccc(Br)cc1[C@@H]1c2sc(=O)[nH]c2S[C@H]2C(=O)N(c3cccc(C(F)(F)F)c3)C(=O)[C@@H]12. The van der Waals surface area contributed by atoms with Crippen molar-refractivity contribution < 1.29 is 37.0 Å². The molecule has 8 nitrogen and oxygen atoms in total. The van der Waals surface area contributed by atoms with Crippen LogP contribution in [0.2, 0.25) is 0 Å². The Balaban J connectivity index is 1.61. The number of rotatable bonds is 6. The number of imide groups is 1. The first-order valence-corrected chi connectivity index (χ1v) is 14.0. The quantitative estimate of drug-likeness (QED) is 0.299. The van der Waals surface area contributed by atoms with Gasteiger partial charge < -0.3 is 14.5 Å². The normalized spacial score (nSPS) is 20.5. The smallest absolute Gasteiger partial charge is 0.416 e. The van der Waals surface area contributed by atoms with Gasteiger partial charge in [-0.15, -0.1) is 0 Å². The summed E-state index contributed by atoms with van der Waals surface area (Å²) in [6, 6.07) is 8.93. The van der Waals surface area contributed by atoms with Gasteiger partial charge in [0.25, 0.3) is 0 Å². The van der Waals surface area contributed by atoms with Gasteiger partial charge in [-0.1, -0.05) is 45.1 Å². The number of nitrogens with one attached hydrogen (secondary N) is 1. The number of H-pyrrole nitrogens is 1. The van der Waals surface area contributed by atoms with Crippen molar-refractivity contribution in [1.82, 2.24) is 4.98 Å². The maximum atomic E-state index is 13.9. The number of esters is 1. The van der Waals surface area contributed by atoms with Crippen LogP contribution in [0.5, 0.6) is 5.75 Å². The molecule has 5 rings (SSSR count). The van der Waals surface area contributed by atoms with E-state index in [0.717, 1.165) is 46.2 Å². The molecule has 14 heteroatoms. The first-order valence-electron chi connectivity index (χ1n) is 11.5. The maximum absolute atomic E-state index is 13.9. The fourth-order valence-corrected chi connectivity index (χ4v) is 7.55. The minimum absolute atomic E-state index is 0.154. The van der Waals surface area contributed by atoms with E-state index in [1.54, 1.807) is 25.1 Å². The number of halogens is 4. The van der Waals surface area contributed by atoms with E-state index in [2.05, 4.69) is 20.9 Å². The minimum Gasteiger partial charge on any atom is -0.482 e. The zero-order valence-electron chi connectivity index (χ0n) is 19.9. The first-order chi connectivity index (χ1) is 18.5. The number of ether oxygens (including phenoxy) is 2. The number of amides is 2. The van der Waals surface area contributed by atoms with Crippen molar-refractivity contribution in [2.75, 3.05) is 18.1 Å². The summed E-state index contributed by atoms with van der Waals surface area (Å²) in [5.41, 5.74) is -0.768. The molecule has 0 spiro atoms. The molecule has 2 aliphatic heterocycles. The van der Waals surface area contributed by atoms with Gasteiger partial charge in [0.05, 0.1) is 28.8 Å². The first kappa shape index (κ1) is 27.5. The number of aromatic amines is 1. The van der Waals surface area contributed by atoms with Crippen LogP contribution in [0.4, 0.5) is 18.9 Å². The van der Waals surface area contributed by atoms with Gasteiger partial charge in [-0.3, -0.25) is 14.4 Å². The van der Waals surface area contributed by atoms with E-state index in [0.29, 0.717) is 19.9 Å². The number of thioether (sulfide) groups is 1. The van der Waals surface area contributed by atoms with Crippen molar-refractivity contribution >= 4 is 62.5 Å². The third-order valence-electron chi connectivity index (χ3n) is 6.21. The number of aromatic nitrogens is 1. The lowest BCUT2D eigenvalue weighted by molar-refractivity contribution is -0.145. The summed E-state index contributed by atoms with van der Waals surface area (Å²) in [6.45, 7) is 1.39. The van der Waals surface area contributed by atoms with Crippen molar-refractivity contribution in [1.29, 1.82) is 0 Å². The number of carbonyl (C=O) groups excluding carboxylic acids is 3. The van der Waals surface area contributed by atoms with Crippen LogP contribution >= 0.6 is 39.0 Å².